The third kappa shape index (κ3) is 3.36. The van der Waals surface area contributed by atoms with Crippen molar-refractivity contribution in [1.82, 2.24) is 14.7 Å². The van der Waals surface area contributed by atoms with Crippen molar-refractivity contribution in [3.8, 4) is 16.9 Å². The highest BCUT2D eigenvalue weighted by atomic mass is 19.1. The first kappa shape index (κ1) is 17.8. The lowest BCUT2D eigenvalue weighted by Gasteiger charge is -2.15. The molecule has 2 aromatic carbocycles. The monoisotopic (exact) mass is 380 g/mol. The maximum absolute atomic E-state index is 13.3. The highest BCUT2D eigenvalue weighted by molar-refractivity contribution is 5.94. The Bertz CT molecular complexity index is 1040. The topological polar surface area (TPSA) is 81.3 Å². The summed E-state index contributed by atoms with van der Waals surface area (Å²) in [7, 11) is 0. The molecule has 0 radical (unpaired) electrons. The van der Waals surface area contributed by atoms with E-state index in [0.29, 0.717) is 35.7 Å². The number of carbonyl (C=O) groups excluding carboxylic acids is 1. The van der Waals surface area contributed by atoms with Gasteiger partial charge in [-0.1, -0.05) is 6.07 Å². The van der Waals surface area contributed by atoms with Crippen molar-refractivity contribution in [2.24, 2.45) is 0 Å². The van der Waals surface area contributed by atoms with Crippen LogP contribution in [0.3, 0.4) is 0 Å². The molecule has 1 amide bonds. The van der Waals surface area contributed by atoms with Gasteiger partial charge in [0.1, 0.15) is 11.5 Å². The van der Waals surface area contributed by atoms with Gasteiger partial charge in [-0.2, -0.15) is 5.10 Å². The molecule has 0 atom stereocenters. The van der Waals surface area contributed by atoms with Crippen LogP contribution in [0.25, 0.3) is 16.9 Å². The van der Waals surface area contributed by atoms with Crippen molar-refractivity contribution < 1.29 is 14.1 Å². The highest BCUT2D eigenvalue weighted by Crippen LogP contribution is 2.25. The lowest BCUT2D eigenvalue weighted by molar-refractivity contribution is -0.384. The molecule has 0 spiro atoms. The molecule has 2 heterocycles. The van der Waals surface area contributed by atoms with Gasteiger partial charge in [0.25, 0.3) is 11.6 Å². The molecule has 7 nitrogen and oxygen atoms in total. The maximum atomic E-state index is 13.3. The van der Waals surface area contributed by atoms with Gasteiger partial charge in [-0.05, 0) is 49.2 Å². The van der Waals surface area contributed by atoms with Gasteiger partial charge in [-0.3, -0.25) is 14.9 Å². The van der Waals surface area contributed by atoms with Gasteiger partial charge >= 0.3 is 0 Å². The average Bonchev–Trinajstić information content (AvgIpc) is 3.38. The zero-order valence-electron chi connectivity index (χ0n) is 14.9. The van der Waals surface area contributed by atoms with E-state index in [1.165, 1.54) is 28.9 Å². The molecule has 0 saturated carbocycles. The lowest BCUT2D eigenvalue weighted by atomic mass is 10.1. The molecular weight excluding hydrogens is 363 g/mol. The van der Waals surface area contributed by atoms with E-state index in [9.17, 15) is 19.3 Å². The number of rotatable bonds is 4. The number of hydrogen-bond donors (Lipinski definition) is 0. The second-order valence-corrected chi connectivity index (χ2v) is 6.61. The molecule has 1 fully saturated rings. The standard InChI is InChI=1S/C20H17FN4O3/c21-15-8-6-14(7-9-15)18-13-19(20(26)23-10-1-2-11-23)24(22-18)16-4-3-5-17(12-16)25(27)28/h3-9,12-13H,1-2,10-11H2. The fourth-order valence-electron chi connectivity index (χ4n) is 3.31. The van der Waals surface area contributed by atoms with Crippen LogP contribution in [0.5, 0.6) is 0 Å². The Morgan fingerprint density at radius 3 is 2.46 bits per heavy atom. The number of aromatic nitrogens is 2. The molecule has 0 N–H and O–H groups in total. The van der Waals surface area contributed by atoms with Crippen molar-refractivity contribution in [2.75, 3.05) is 13.1 Å². The number of nitro groups is 1. The molecule has 0 bridgehead atoms. The Labute approximate surface area is 160 Å². The number of nitro benzene ring substituents is 1. The molecule has 0 unspecified atom stereocenters. The quantitative estimate of drug-likeness (QED) is 0.509. The fourth-order valence-corrected chi connectivity index (χ4v) is 3.31. The van der Waals surface area contributed by atoms with Crippen molar-refractivity contribution >= 4 is 11.6 Å². The number of amides is 1. The minimum absolute atomic E-state index is 0.0871. The van der Waals surface area contributed by atoms with Crippen LogP contribution < -0.4 is 0 Å². The molecule has 142 valence electrons. The van der Waals surface area contributed by atoms with Crippen LogP contribution in [0.2, 0.25) is 0 Å². The van der Waals surface area contributed by atoms with E-state index in [2.05, 4.69) is 5.10 Å². The normalized spacial score (nSPS) is 13.7. The smallest absolute Gasteiger partial charge is 0.272 e. The van der Waals surface area contributed by atoms with Gasteiger partial charge in [-0.15, -0.1) is 0 Å². The molecule has 1 aliphatic heterocycles. The SMILES string of the molecule is O=C(c1cc(-c2ccc(F)cc2)nn1-c1cccc([N+](=O)[O-])c1)N1CCCC1. The number of carbonyl (C=O) groups is 1. The summed E-state index contributed by atoms with van der Waals surface area (Å²) in [6.45, 7) is 1.34. The van der Waals surface area contributed by atoms with E-state index in [1.807, 2.05) is 0 Å². The second-order valence-electron chi connectivity index (χ2n) is 6.61. The van der Waals surface area contributed by atoms with E-state index in [-0.39, 0.29) is 17.4 Å². The zero-order chi connectivity index (χ0) is 19.7. The molecule has 8 heteroatoms. The summed E-state index contributed by atoms with van der Waals surface area (Å²) in [6, 6.07) is 13.4. The molecule has 3 aromatic rings. The minimum Gasteiger partial charge on any atom is -0.337 e. The third-order valence-electron chi connectivity index (χ3n) is 4.75. The Kier molecular flexibility index (Phi) is 4.60. The number of nitrogens with zero attached hydrogens (tertiary/aromatic N) is 4. The molecule has 1 aromatic heterocycles. The number of benzene rings is 2. The molecule has 1 aliphatic rings. The van der Waals surface area contributed by atoms with E-state index in [4.69, 9.17) is 0 Å². The minimum atomic E-state index is -0.490. The van der Waals surface area contributed by atoms with Gasteiger partial charge in [0.15, 0.2) is 0 Å². The van der Waals surface area contributed by atoms with Crippen LogP contribution in [0.4, 0.5) is 10.1 Å². The van der Waals surface area contributed by atoms with Crippen LogP contribution >= 0.6 is 0 Å². The maximum Gasteiger partial charge on any atom is 0.272 e. The molecular formula is C20H17FN4O3. The first-order valence-electron chi connectivity index (χ1n) is 8.93. The highest BCUT2D eigenvalue weighted by Gasteiger charge is 2.25. The van der Waals surface area contributed by atoms with E-state index in [1.54, 1.807) is 35.2 Å². The fraction of sp³-hybridized carbons (Fsp3) is 0.200. The number of halogens is 1. The van der Waals surface area contributed by atoms with Gasteiger partial charge < -0.3 is 4.90 Å². The molecule has 1 saturated heterocycles. The Morgan fingerprint density at radius 1 is 1.07 bits per heavy atom. The lowest BCUT2D eigenvalue weighted by Crippen LogP contribution is -2.29. The van der Waals surface area contributed by atoms with E-state index >= 15 is 0 Å². The van der Waals surface area contributed by atoms with Gasteiger partial charge in [0.2, 0.25) is 0 Å². The van der Waals surface area contributed by atoms with Crippen molar-refractivity contribution in [3.63, 3.8) is 0 Å². The summed E-state index contributed by atoms with van der Waals surface area (Å²) in [4.78, 5) is 25.4. The van der Waals surface area contributed by atoms with Crippen LogP contribution in [-0.2, 0) is 0 Å². The first-order valence-corrected chi connectivity index (χ1v) is 8.93. The molecule has 4 rings (SSSR count). The van der Waals surface area contributed by atoms with E-state index < -0.39 is 4.92 Å². The van der Waals surface area contributed by atoms with Crippen molar-refractivity contribution in [3.05, 3.63) is 76.2 Å². The summed E-state index contributed by atoms with van der Waals surface area (Å²) in [5, 5.41) is 15.6. The van der Waals surface area contributed by atoms with Crippen molar-refractivity contribution in [1.29, 1.82) is 0 Å². The number of non-ortho nitro benzene ring substituents is 1. The van der Waals surface area contributed by atoms with Gasteiger partial charge in [-0.25, -0.2) is 9.07 Å². The van der Waals surface area contributed by atoms with Gasteiger partial charge in [0, 0.05) is 30.8 Å². The van der Waals surface area contributed by atoms with Crippen molar-refractivity contribution in [2.45, 2.75) is 12.8 Å². The predicted molar refractivity (Wildman–Crippen MR) is 101 cm³/mol. The first-order chi connectivity index (χ1) is 13.5. The van der Waals surface area contributed by atoms with Crippen LogP contribution in [0.15, 0.2) is 54.6 Å². The largest absolute Gasteiger partial charge is 0.337 e. The van der Waals surface area contributed by atoms with Crippen LogP contribution in [-0.4, -0.2) is 38.6 Å². The summed E-state index contributed by atoms with van der Waals surface area (Å²) in [6.07, 6.45) is 1.89. The summed E-state index contributed by atoms with van der Waals surface area (Å²) in [5.74, 6) is -0.542. The summed E-state index contributed by atoms with van der Waals surface area (Å²) in [5.41, 5.74) is 1.80. The number of hydrogen-bond acceptors (Lipinski definition) is 4. The summed E-state index contributed by atoms with van der Waals surface area (Å²) >= 11 is 0. The third-order valence-corrected chi connectivity index (χ3v) is 4.75. The number of likely N-dealkylation sites (tertiary alicyclic amines) is 1. The van der Waals surface area contributed by atoms with Gasteiger partial charge in [0.05, 0.1) is 16.3 Å². The predicted octanol–water partition coefficient (Wildman–Crippen LogP) is 3.82. The second kappa shape index (κ2) is 7.22. The summed E-state index contributed by atoms with van der Waals surface area (Å²) < 4.78 is 14.7. The van der Waals surface area contributed by atoms with E-state index in [0.717, 1.165) is 12.8 Å². The van der Waals surface area contributed by atoms with Crippen LogP contribution in [0, 0.1) is 15.9 Å². The Hall–Kier alpha value is -3.55. The Morgan fingerprint density at radius 2 is 1.79 bits per heavy atom. The Balaban J connectivity index is 1.83. The molecule has 28 heavy (non-hydrogen) atoms. The molecule has 0 aliphatic carbocycles. The average molecular weight is 380 g/mol. The van der Waals surface area contributed by atoms with Crippen LogP contribution in [0.1, 0.15) is 23.3 Å². The zero-order valence-corrected chi connectivity index (χ0v) is 14.9.